The fraction of sp³-hybridized carbons (Fsp3) is 0.625. The van der Waals surface area contributed by atoms with Crippen molar-refractivity contribution < 1.29 is 9.59 Å². The summed E-state index contributed by atoms with van der Waals surface area (Å²) >= 11 is 0. The number of aromatic nitrogens is 2. The summed E-state index contributed by atoms with van der Waals surface area (Å²) in [6, 6.07) is 4.39. The summed E-state index contributed by atoms with van der Waals surface area (Å²) < 4.78 is 2.94. The van der Waals surface area contributed by atoms with Crippen molar-refractivity contribution in [3.8, 4) is 0 Å². The number of hydrogen-bond acceptors (Lipinski definition) is 3. The highest BCUT2D eigenvalue weighted by Gasteiger charge is 2.31. The molecule has 0 spiro atoms. The lowest BCUT2D eigenvalue weighted by molar-refractivity contribution is -0.121. The SMILES string of the molecule is Cc1ccc2c(c1)n(CC1CCCCC1)c(=O)n2C(=O)N[C@H](C(N)=O)C1CCCCC1. The van der Waals surface area contributed by atoms with Crippen molar-refractivity contribution in [1.29, 1.82) is 0 Å². The quantitative estimate of drug-likeness (QED) is 0.763. The van der Waals surface area contributed by atoms with Crippen LogP contribution in [-0.4, -0.2) is 27.1 Å². The first kappa shape index (κ1) is 21.7. The summed E-state index contributed by atoms with van der Waals surface area (Å²) in [6.45, 7) is 2.61. The average Bonchev–Trinajstić information content (AvgIpc) is 3.04. The Bertz CT molecular complexity index is 1010. The molecule has 7 heteroatoms. The highest BCUT2D eigenvalue weighted by atomic mass is 16.2. The number of carbonyl (C=O) groups excluding carboxylic acids is 2. The smallest absolute Gasteiger partial charge is 0.337 e. The second kappa shape index (κ2) is 9.28. The van der Waals surface area contributed by atoms with Crippen molar-refractivity contribution in [2.45, 2.75) is 83.7 Å². The predicted molar refractivity (Wildman–Crippen MR) is 121 cm³/mol. The molecule has 0 aliphatic heterocycles. The molecule has 0 saturated heterocycles. The van der Waals surface area contributed by atoms with E-state index in [2.05, 4.69) is 5.32 Å². The molecule has 4 rings (SSSR count). The van der Waals surface area contributed by atoms with Crippen LogP contribution in [0.15, 0.2) is 23.0 Å². The lowest BCUT2D eigenvalue weighted by Gasteiger charge is -2.28. The first-order valence-electron chi connectivity index (χ1n) is 11.8. The van der Waals surface area contributed by atoms with Crippen LogP contribution >= 0.6 is 0 Å². The number of hydrogen-bond donors (Lipinski definition) is 2. The maximum absolute atomic E-state index is 13.4. The van der Waals surface area contributed by atoms with Gasteiger partial charge in [0, 0.05) is 6.54 Å². The van der Waals surface area contributed by atoms with Gasteiger partial charge in [-0.3, -0.25) is 9.36 Å². The van der Waals surface area contributed by atoms with Gasteiger partial charge in [-0.2, -0.15) is 0 Å². The average molecular weight is 427 g/mol. The Labute approximate surface area is 183 Å². The first-order chi connectivity index (χ1) is 15.0. The highest BCUT2D eigenvalue weighted by molar-refractivity contribution is 5.92. The third kappa shape index (κ3) is 4.55. The van der Waals surface area contributed by atoms with Gasteiger partial charge < -0.3 is 11.1 Å². The molecule has 3 N–H and O–H groups in total. The standard InChI is InChI=1S/C24H34N4O3/c1-16-12-13-19-20(14-16)27(15-17-8-4-2-5-9-17)24(31)28(19)23(30)26-21(22(25)29)18-10-6-3-7-11-18/h12-14,17-18,21H,2-11,15H2,1H3,(H2,25,29)(H,26,30)/t21-/m0/s1. The van der Waals surface area contributed by atoms with E-state index < -0.39 is 18.0 Å². The zero-order chi connectivity index (χ0) is 22.0. The van der Waals surface area contributed by atoms with Crippen LogP contribution in [0.25, 0.3) is 11.0 Å². The van der Waals surface area contributed by atoms with Gasteiger partial charge in [-0.25, -0.2) is 14.2 Å². The van der Waals surface area contributed by atoms with E-state index in [0.29, 0.717) is 18.0 Å². The van der Waals surface area contributed by atoms with Crippen LogP contribution in [0.2, 0.25) is 0 Å². The molecular weight excluding hydrogens is 392 g/mol. The fourth-order valence-corrected chi connectivity index (χ4v) is 5.45. The van der Waals surface area contributed by atoms with Gasteiger partial charge in [0.1, 0.15) is 6.04 Å². The van der Waals surface area contributed by atoms with Crippen LogP contribution < -0.4 is 16.7 Å². The second-order valence-corrected chi connectivity index (χ2v) is 9.45. The van der Waals surface area contributed by atoms with E-state index in [1.54, 1.807) is 4.57 Å². The predicted octanol–water partition coefficient (Wildman–Crippen LogP) is 3.68. The number of carbonyl (C=O) groups is 2. The van der Waals surface area contributed by atoms with Crippen molar-refractivity contribution in [3.63, 3.8) is 0 Å². The molecule has 0 bridgehead atoms. The number of amides is 2. The first-order valence-corrected chi connectivity index (χ1v) is 11.8. The molecule has 1 atom stereocenters. The number of nitrogens with one attached hydrogen (secondary N) is 1. The van der Waals surface area contributed by atoms with Crippen LogP contribution in [0.3, 0.4) is 0 Å². The number of nitrogens with zero attached hydrogens (tertiary/aromatic N) is 2. The van der Waals surface area contributed by atoms with Gasteiger partial charge >= 0.3 is 11.7 Å². The molecule has 2 saturated carbocycles. The van der Waals surface area contributed by atoms with E-state index in [4.69, 9.17) is 5.73 Å². The summed E-state index contributed by atoms with van der Waals surface area (Å²) in [7, 11) is 0. The maximum Gasteiger partial charge on any atom is 0.337 e. The van der Waals surface area contributed by atoms with Gasteiger partial charge in [0.25, 0.3) is 0 Å². The molecule has 2 fully saturated rings. The van der Waals surface area contributed by atoms with Crippen LogP contribution in [0.4, 0.5) is 4.79 Å². The highest BCUT2D eigenvalue weighted by Crippen LogP contribution is 2.28. The van der Waals surface area contributed by atoms with Crippen LogP contribution in [-0.2, 0) is 11.3 Å². The molecule has 2 aromatic rings. The number of rotatable bonds is 5. The van der Waals surface area contributed by atoms with E-state index in [1.165, 1.54) is 23.8 Å². The Morgan fingerprint density at radius 1 is 1.03 bits per heavy atom. The minimum atomic E-state index is -0.748. The van der Waals surface area contributed by atoms with Gasteiger partial charge in [-0.05, 0) is 62.1 Å². The monoisotopic (exact) mass is 426 g/mol. The third-order valence-corrected chi connectivity index (χ3v) is 7.16. The molecule has 0 radical (unpaired) electrons. The largest absolute Gasteiger partial charge is 0.368 e. The van der Waals surface area contributed by atoms with Gasteiger partial charge in [0.15, 0.2) is 0 Å². The molecule has 0 unspecified atom stereocenters. The van der Waals surface area contributed by atoms with Gasteiger partial charge in [0.05, 0.1) is 11.0 Å². The molecule has 2 amide bonds. The van der Waals surface area contributed by atoms with Crippen molar-refractivity contribution in [3.05, 3.63) is 34.2 Å². The van der Waals surface area contributed by atoms with Crippen molar-refractivity contribution in [2.24, 2.45) is 17.6 Å². The number of benzene rings is 1. The molecule has 168 valence electrons. The molecule has 2 aliphatic carbocycles. The molecule has 31 heavy (non-hydrogen) atoms. The minimum Gasteiger partial charge on any atom is -0.368 e. The van der Waals surface area contributed by atoms with E-state index in [9.17, 15) is 14.4 Å². The third-order valence-electron chi connectivity index (χ3n) is 7.16. The lowest BCUT2D eigenvalue weighted by atomic mass is 9.83. The Balaban J connectivity index is 1.67. The lowest BCUT2D eigenvalue weighted by Crippen LogP contribution is -2.52. The van der Waals surface area contributed by atoms with E-state index in [-0.39, 0.29) is 11.6 Å². The normalized spacial score (nSPS) is 19.4. The summed E-state index contributed by atoms with van der Waals surface area (Å²) in [5.41, 5.74) is 7.71. The molecule has 1 heterocycles. The van der Waals surface area contributed by atoms with Crippen LogP contribution in [0, 0.1) is 18.8 Å². The topological polar surface area (TPSA) is 99.1 Å². The summed E-state index contributed by atoms with van der Waals surface area (Å²) in [6.07, 6.45) is 10.8. The fourth-order valence-electron chi connectivity index (χ4n) is 5.45. The van der Waals surface area contributed by atoms with Crippen LogP contribution in [0.1, 0.15) is 69.8 Å². The zero-order valence-corrected chi connectivity index (χ0v) is 18.4. The van der Waals surface area contributed by atoms with Crippen LogP contribution in [0.5, 0.6) is 0 Å². The minimum absolute atomic E-state index is 0.0312. The summed E-state index contributed by atoms with van der Waals surface area (Å²) in [4.78, 5) is 38.8. The molecule has 1 aromatic carbocycles. The molecular formula is C24H34N4O3. The zero-order valence-electron chi connectivity index (χ0n) is 18.4. The van der Waals surface area contributed by atoms with Crippen molar-refractivity contribution >= 4 is 23.0 Å². The summed E-state index contributed by atoms with van der Waals surface area (Å²) in [5, 5.41) is 2.80. The maximum atomic E-state index is 13.4. The Morgan fingerprint density at radius 3 is 2.32 bits per heavy atom. The second-order valence-electron chi connectivity index (χ2n) is 9.45. The molecule has 1 aromatic heterocycles. The molecule has 2 aliphatic rings. The van der Waals surface area contributed by atoms with Gasteiger partial charge in [-0.1, -0.05) is 44.6 Å². The number of fused-ring (bicyclic) bond motifs is 1. The Morgan fingerprint density at radius 2 is 1.68 bits per heavy atom. The van der Waals surface area contributed by atoms with Gasteiger partial charge in [0.2, 0.25) is 5.91 Å². The number of aryl methyl sites for hydroxylation is 1. The van der Waals surface area contributed by atoms with E-state index >= 15 is 0 Å². The Hall–Kier alpha value is -2.57. The summed E-state index contributed by atoms with van der Waals surface area (Å²) in [5.74, 6) is -0.0477. The molecule has 7 nitrogen and oxygen atoms in total. The number of imidazole rings is 1. The number of nitrogens with two attached hydrogens (primary N) is 1. The van der Waals surface area contributed by atoms with Crippen molar-refractivity contribution in [2.75, 3.05) is 0 Å². The van der Waals surface area contributed by atoms with E-state index in [0.717, 1.165) is 56.0 Å². The van der Waals surface area contributed by atoms with Crippen molar-refractivity contribution in [1.82, 2.24) is 14.5 Å². The Kier molecular flexibility index (Phi) is 6.49. The number of primary amides is 1. The van der Waals surface area contributed by atoms with Gasteiger partial charge in [-0.15, -0.1) is 0 Å². The van der Waals surface area contributed by atoms with E-state index in [1.807, 2.05) is 25.1 Å².